The summed E-state index contributed by atoms with van der Waals surface area (Å²) in [4.78, 5) is 12.7. The summed E-state index contributed by atoms with van der Waals surface area (Å²) in [6.45, 7) is 3.00. The molecule has 0 heterocycles. The van der Waals surface area contributed by atoms with E-state index in [-0.39, 0.29) is 5.70 Å². The van der Waals surface area contributed by atoms with Crippen molar-refractivity contribution in [2.75, 3.05) is 0 Å². The molecule has 0 radical (unpaired) electrons. The molecule has 0 amide bonds. The van der Waals surface area contributed by atoms with Gasteiger partial charge in [-0.2, -0.15) is 4.99 Å². The second-order valence-corrected chi connectivity index (χ2v) is 0.975. The van der Waals surface area contributed by atoms with Gasteiger partial charge in [0.15, 0.2) is 5.70 Å². The minimum absolute atomic E-state index is 0.375. The number of nitrogens with one attached hydrogen (secondary N) is 1. The average molecular weight is 112 g/mol. The van der Waals surface area contributed by atoms with E-state index in [9.17, 15) is 4.79 Å². The van der Waals surface area contributed by atoms with Gasteiger partial charge in [-0.15, -0.1) is 0 Å². The van der Waals surface area contributed by atoms with Crippen molar-refractivity contribution in [1.82, 2.24) is 0 Å². The monoisotopic (exact) mass is 112 g/mol. The fraction of sp³-hybridized carbons (Fsp3) is 0. The van der Waals surface area contributed by atoms with E-state index in [1.807, 2.05) is 0 Å². The lowest BCUT2D eigenvalue weighted by Crippen LogP contribution is -1.94. The van der Waals surface area contributed by atoms with Crippen LogP contribution >= 0.6 is 0 Å². The molecule has 0 fully saturated rings. The quantitative estimate of drug-likeness (QED) is 0.399. The lowest BCUT2D eigenvalue weighted by Gasteiger charge is -1.81. The number of hydrogen-bond donors (Lipinski definition) is 2. The van der Waals surface area contributed by atoms with Gasteiger partial charge in [0.1, 0.15) is 0 Å². The number of carbonyl (C=O) groups is 1. The van der Waals surface area contributed by atoms with E-state index in [4.69, 9.17) is 10.5 Å². The summed E-state index contributed by atoms with van der Waals surface area (Å²) in [7, 11) is 0. The van der Waals surface area contributed by atoms with Crippen molar-refractivity contribution in [2.24, 2.45) is 4.99 Å². The molecule has 0 bridgehead atoms. The number of aliphatic carboxylic acids is 1. The van der Waals surface area contributed by atoms with Gasteiger partial charge in [-0.25, -0.2) is 10.2 Å². The minimum atomic E-state index is -1.23. The number of nitrogens with zero attached hydrogens (tertiary/aromatic N) is 1. The third-order valence-electron chi connectivity index (χ3n) is 0.438. The van der Waals surface area contributed by atoms with E-state index in [0.29, 0.717) is 0 Å². The summed E-state index contributed by atoms with van der Waals surface area (Å²) in [5.41, 5.74) is -0.375. The highest BCUT2D eigenvalue weighted by Crippen LogP contribution is 1.86. The van der Waals surface area contributed by atoms with Gasteiger partial charge in [0.25, 0.3) is 0 Å². The predicted molar refractivity (Wildman–Crippen MR) is 26.9 cm³/mol. The molecule has 0 aromatic carbocycles. The summed E-state index contributed by atoms with van der Waals surface area (Å²) in [5, 5.41) is 14.2. The van der Waals surface area contributed by atoms with Gasteiger partial charge in [0.05, 0.1) is 6.01 Å². The number of carboxylic acid groups (broad SMARTS) is 1. The standard InChI is InChI=1S/C4H4N2O2/c1-3(4(7)8)6-2-5/h5H,1H2,(H,7,8). The van der Waals surface area contributed by atoms with Crippen LogP contribution < -0.4 is 0 Å². The number of aliphatic imine (C=N–C) groups is 1. The van der Waals surface area contributed by atoms with Crippen LogP contribution in [0.1, 0.15) is 0 Å². The zero-order valence-corrected chi connectivity index (χ0v) is 4.01. The van der Waals surface area contributed by atoms with E-state index in [1.54, 1.807) is 6.01 Å². The summed E-state index contributed by atoms with van der Waals surface area (Å²) in [6.07, 6.45) is 0. The Hall–Kier alpha value is -1.41. The van der Waals surface area contributed by atoms with Gasteiger partial charge in [0.2, 0.25) is 0 Å². The molecule has 4 nitrogen and oxygen atoms in total. The molecular weight excluding hydrogens is 108 g/mol. The zero-order valence-electron chi connectivity index (χ0n) is 4.01. The summed E-state index contributed by atoms with van der Waals surface area (Å²) >= 11 is 0. The van der Waals surface area contributed by atoms with Crippen molar-refractivity contribution in [3.63, 3.8) is 0 Å². The molecule has 42 valence electrons. The molecule has 0 aromatic rings. The van der Waals surface area contributed by atoms with Crippen molar-refractivity contribution in [3.05, 3.63) is 12.3 Å². The number of rotatable bonds is 2. The van der Waals surface area contributed by atoms with Crippen LogP contribution in [0.4, 0.5) is 0 Å². The highest BCUT2D eigenvalue weighted by molar-refractivity contribution is 5.86. The van der Waals surface area contributed by atoms with E-state index < -0.39 is 5.97 Å². The predicted octanol–water partition coefficient (Wildman–Crippen LogP) is 0.337. The van der Waals surface area contributed by atoms with Gasteiger partial charge in [0, 0.05) is 0 Å². The van der Waals surface area contributed by atoms with Crippen molar-refractivity contribution < 1.29 is 9.90 Å². The van der Waals surface area contributed by atoms with Crippen molar-refractivity contribution in [2.45, 2.75) is 0 Å². The lowest BCUT2D eigenvalue weighted by molar-refractivity contribution is -0.132. The third kappa shape index (κ3) is 1.89. The highest BCUT2D eigenvalue weighted by atomic mass is 16.4. The van der Waals surface area contributed by atoms with Gasteiger partial charge in [-0.1, -0.05) is 6.58 Å². The zero-order chi connectivity index (χ0) is 6.57. The molecule has 0 rings (SSSR count). The number of carboxylic acids is 1. The Labute approximate surface area is 45.7 Å². The van der Waals surface area contributed by atoms with Gasteiger partial charge < -0.3 is 5.11 Å². The molecule has 0 unspecified atom stereocenters. The third-order valence-corrected chi connectivity index (χ3v) is 0.438. The average Bonchev–Trinajstić information content (AvgIpc) is 1.67. The van der Waals surface area contributed by atoms with E-state index in [2.05, 4.69) is 11.6 Å². The molecule has 0 spiro atoms. The molecular formula is C4H4N2O2. The summed E-state index contributed by atoms with van der Waals surface area (Å²) < 4.78 is 0. The normalized spacial score (nSPS) is 7.00. The van der Waals surface area contributed by atoms with E-state index >= 15 is 0 Å². The van der Waals surface area contributed by atoms with Crippen LogP contribution in [0.15, 0.2) is 17.3 Å². The largest absolute Gasteiger partial charge is 0.477 e. The van der Waals surface area contributed by atoms with Gasteiger partial charge >= 0.3 is 5.97 Å². The molecule has 4 heteroatoms. The first-order chi connectivity index (χ1) is 3.68. The molecule has 0 atom stereocenters. The van der Waals surface area contributed by atoms with E-state index in [1.165, 1.54) is 0 Å². The molecule has 0 saturated heterocycles. The van der Waals surface area contributed by atoms with Crippen LogP contribution in [0.25, 0.3) is 0 Å². The maximum atomic E-state index is 9.77. The molecule has 8 heavy (non-hydrogen) atoms. The van der Waals surface area contributed by atoms with Crippen LogP contribution in [0, 0.1) is 5.41 Å². The van der Waals surface area contributed by atoms with Gasteiger partial charge in [-0.05, 0) is 0 Å². The first-order valence-electron chi connectivity index (χ1n) is 1.73. The Balaban J connectivity index is 4.05. The maximum absolute atomic E-state index is 9.77. The van der Waals surface area contributed by atoms with Crippen LogP contribution in [0.2, 0.25) is 0 Å². The minimum Gasteiger partial charge on any atom is -0.477 e. The molecule has 0 aliphatic heterocycles. The lowest BCUT2D eigenvalue weighted by atomic mass is 10.5. The molecule has 0 aliphatic rings. The van der Waals surface area contributed by atoms with E-state index in [0.717, 1.165) is 0 Å². The molecule has 2 N–H and O–H groups in total. The second kappa shape index (κ2) is 2.71. The molecule has 0 saturated carbocycles. The van der Waals surface area contributed by atoms with Crippen LogP contribution in [-0.2, 0) is 4.79 Å². The first-order valence-corrected chi connectivity index (χ1v) is 1.73. The van der Waals surface area contributed by atoms with Gasteiger partial charge in [-0.3, -0.25) is 0 Å². The highest BCUT2D eigenvalue weighted by Gasteiger charge is 1.97. The molecule has 0 aromatic heterocycles. The number of hydrogen-bond acceptors (Lipinski definition) is 3. The first kappa shape index (κ1) is 6.59. The smallest absolute Gasteiger partial charge is 0.354 e. The topological polar surface area (TPSA) is 73.5 Å². The van der Waals surface area contributed by atoms with Crippen LogP contribution in [0.3, 0.4) is 0 Å². The van der Waals surface area contributed by atoms with Crippen molar-refractivity contribution in [1.29, 1.82) is 5.41 Å². The Morgan fingerprint density at radius 3 is 2.50 bits per heavy atom. The summed E-state index contributed by atoms with van der Waals surface area (Å²) in [5.74, 6) is -1.23. The van der Waals surface area contributed by atoms with Crippen LogP contribution in [-0.4, -0.2) is 17.1 Å². The SMILES string of the molecule is C=C(N=C=N)C(=O)O. The Morgan fingerprint density at radius 1 is 1.88 bits per heavy atom. The van der Waals surface area contributed by atoms with Crippen molar-refractivity contribution in [3.8, 4) is 0 Å². The maximum Gasteiger partial charge on any atom is 0.354 e. The Bertz CT molecular complexity index is 163. The van der Waals surface area contributed by atoms with Crippen LogP contribution in [0.5, 0.6) is 0 Å². The summed E-state index contributed by atoms with van der Waals surface area (Å²) in [6, 6.07) is 1.54. The second-order valence-electron chi connectivity index (χ2n) is 0.975. The fourth-order valence-electron chi connectivity index (χ4n) is 0.115. The van der Waals surface area contributed by atoms with Crippen molar-refractivity contribution >= 4 is 12.0 Å². The molecule has 0 aliphatic carbocycles. The fourth-order valence-corrected chi connectivity index (χ4v) is 0.115. The Kier molecular flexibility index (Phi) is 2.23. The Morgan fingerprint density at radius 2 is 2.38 bits per heavy atom.